The fourth-order valence-corrected chi connectivity index (χ4v) is 2.47. The zero-order valence-electron chi connectivity index (χ0n) is 12.8. The van der Waals surface area contributed by atoms with Crippen molar-refractivity contribution in [3.8, 4) is 0 Å². The topological polar surface area (TPSA) is 62.7 Å². The summed E-state index contributed by atoms with van der Waals surface area (Å²) in [5.41, 5.74) is 3.05. The van der Waals surface area contributed by atoms with Crippen molar-refractivity contribution >= 4 is 16.8 Å². The molecule has 2 heterocycles. The highest BCUT2D eigenvalue weighted by molar-refractivity contribution is 5.93. The molecule has 3 rings (SSSR count). The van der Waals surface area contributed by atoms with Gasteiger partial charge in [0.2, 0.25) is 0 Å². The molecule has 0 radical (unpaired) electrons. The van der Waals surface area contributed by atoms with E-state index in [9.17, 15) is 18.0 Å². The number of hydrogen-bond acceptors (Lipinski definition) is 2. The zero-order chi connectivity index (χ0) is 17.3. The average molecular weight is 336 g/mol. The van der Waals surface area contributed by atoms with Crippen molar-refractivity contribution in [1.82, 2.24) is 20.1 Å². The number of H-pyrrole nitrogens is 1. The van der Waals surface area contributed by atoms with E-state index in [0.29, 0.717) is 4.68 Å². The molecule has 3 aromatic rings. The number of aromatic nitrogens is 3. The minimum atomic E-state index is -4.37. The van der Waals surface area contributed by atoms with Crippen molar-refractivity contribution < 1.29 is 18.0 Å². The van der Waals surface area contributed by atoms with Gasteiger partial charge in [-0.05, 0) is 36.1 Å². The highest BCUT2D eigenvalue weighted by atomic mass is 19.4. The Bertz CT molecular complexity index is 879. The van der Waals surface area contributed by atoms with Crippen LogP contribution in [0.1, 0.15) is 21.6 Å². The number of rotatable bonds is 4. The minimum Gasteiger partial charge on any atom is -0.359 e. The number of hydrogen-bond donors (Lipinski definition) is 2. The Morgan fingerprint density at radius 3 is 2.88 bits per heavy atom. The van der Waals surface area contributed by atoms with Crippen LogP contribution in [0.4, 0.5) is 13.2 Å². The molecule has 0 saturated heterocycles. The molecule has 0 unspecified atom stereocenters. The number of fused-ring (bicyclic) bond motifs is 1. The molecule has 2 aromatic heterocycles. The number of aromatic amines is 1. The van der Waals surface area contributed by atoms with Gasteiger partial charge in [-0.1, -0.05) is 6.07 Å². The van der Waals surface area contributed by atoms with Gasteiger partial charge < -0.3 is 10.3 Å². The minimum absolute atomic E-state index is 0.0952. The van der Waals surface area contributed by atoms with Crippen LogP contribution in [0.2, 0.25) is 0 Å². The molecule has 8 heteroatoms. The number of benzene rings is 1. The molecule has 0 spiro atoms. The lowest BCUT2D eigenvalue weighted by Gasteiger charge is -2.05. The Morgan fingerprint density at radius 1 is 1.33 bits per heavy atom. The summed E-state index contributed by atoms with van der Waals surface area (Å²) >= 11 is 0. The molecule has 0 saturated carbocycles. The predicted molar refractivity (Wildman–Crippen MR) is 82.5 cm³/mol. The monoisotopic (exact) mass is 336 g/mol. The van der Waals surface area contributed by atoms with Gasteiger partial charge in [0.05, 0.1) is 11.8 Å². The van der Waals surface area contributed by atoms with Gasteiger partial charge in [-0.25, -0.2) is 0 Å². The standard InChI is InChI=1S/C16H15F3N4O/c1-10-4-12-5-11(2-3-14(12)22-10)6-20-15(24)13-7-21-23(8-13)9-16(17,18)19/h2-5,7-8,22H,6,9H2,1H3,(H,20,24). The van der Waals surface area contributed by atoms with Crippen LogP contribution in [0.25, 0.3) is 10.9 Å². The second-order valence-corrected chi connectivity index (χ2v) is 5.60. The van der Waals surface area contributed by atoms with E-state index in [0.717, 1.165) is 34.6 Å². The van der Waals surface area contributed by atoms with E-state index >= 15 is 0 Å². The number of carbonyl (C=O) groups excluding carboxylic acids is 1. The SMILES string of the molecule is Cc1cc2cc(CNC(=O)c3cnn(CC(F)(F)F)c3)ccc2[nH]1. The molecule has 0 aliphatic carbocycles. The maximum absolute atomic E-state index is 12.3. The summed E-state index contributed by atoms with van der Waals surface area (Å²) in [6, 6.07) is 7.75. The molecule has 1 amide bonds. The predicted octanol–water partition coefficient (Wildman–Crippen LogP) is 3.17. The van der Waals surface area contributed by atoms with Crippen molar-refractivity contribution in [2.24, 2.45) is 0 Å². The molecule has 0 aliphatic rings. The van der Waals surface area contributed by atoms with Crippen molar-refractivity contribution in [1.29, 1.82) is 0 Å². The Kier molecular flexibility index (Phi) is 4.04. The van der Waals surface area contributed by atoms with Crippen LogP contribution in [-0.4, -0.2) is 26.8 Å². The Hall–Kier alpha value is -2.77. The van der Waals surface area contributed by atoms with Crippen LogP contribution in [-0.2, 0) is 13.1 Å². The first-order valence-electron chi connectivity index (χ1n) is 7.26. The zero-order valence-corrected chi connectivity index (χ0v) is 12.8. The number of amides is 1. The maximum atomic E-state index is 12.3. The number of halogens is 3. The van der Waals surface area contributed by atoms with Crippen LogP contribution < -0.4 is 5.32 Å². The highest BCUT2D eigenvalue weighted by Gasteiger charge is 2.28. The van der Waals surface area contributed by atoms with E-state index < -0.39 is 18.6 Å². The number of nitrogens with zero attached hydrogens (tertiary/aromatic N) is 2. The van der Waals surface area contributed by atoms with Crippen LogP contribution in [0.5, 0.6) is 0 Å². The van der Waals surface area contributed by atoms with Gasteiger partial charge in [-0.2, -0.15) is 18.3 Å². The number of nitrogens with one attached hydrogen (secondary N) is 2. The van der Waals surface area contributed by atoms with E-state index in [1.165, 1.54) is 0 Å². The van der Waals surface area contributed by atoms with Gasteiger partial charge in [-0.15, -0.1) is 0 Å². The van der Waals surface area contributed by atoms with Gasteiger partial charge in [-0.3, -0.25) is 9.48 Å². The smallest absolute Gasteiger partial charge is 0.359 e. The summed E-state index contributed by atoms with van der Waals surface area (Å²) < 4.78 is 37.6. The van der Waals surface area contributed by atoms with Crippen LogP contribution in [0.3, 0.4) is 0 Å². The third-order valence-corrected chi connectivity index (χ3v) is 3.51. The molecule has 1 aromatic carbocycles. The Morgan fingerprint density at radius 2 is 2.12 bits per heavy atom. The highest BCUT2D eigenvalue weighted by Crippen LogP contribution is 2.18. The van der Waals surface area contributed by atoms with Crippen molar-refractivity contribution in [2.75, 3.05) is 0 Å². The first-order valence-corrected chi connectivity index (χ1v) is 7.26. The molecule has 0 atom stereocenters. The third kappa shape index (κ3) is 3.76. The van der Waals surface area contributed by atoms with Crippen LogP contribution >= 0.6 is 0 Å². The van der Waals surface area contributed by atoms with Gasteiger partial charge in [0, 0.05) is 24.0 Å². The van der Waals surface area contributed by atoms with Crippen LogP contribution in [0.15, 0.2) is 36.7 Å². The Labute approximate surface area is 135 Å². The number of alkyl halides is 3. The lowest BCUT2D eigenvalue weighted by Crippen LogP contribution is -2.22. The lowest BCUT2D eigenvalue weighted by atomic mass is 10.1. The molecule has 0 fully saturated rings. The molecule has 5 nitrogen and oxygen atoms in total. The summed E-state index contributed by atoms with van der Waals surface area (Å²) in [4.78, 5) is 15.2. The molecule has 0 bridgehead atoms. The molecule has 126 valence electrons. The third-order valence-electron chi connectivity index (χ3n) is 3.51. The second kappa shape index (κ2) is 6.03. The summed E-state index contributed by atoms with van der Waals surface area (Å²) in [7, 11) is 0. The average Bonchev–Trinajstić information content (AvgIpc) is 3.07. The van der Waals surface area contributed by atoms with E-state index in [1.54, 1.807) is 0 Å². The molecule has 24 heavy (non-hydrogen) atoms. The van der Waals surface area contributed by atoms with Gasteiger partial charge in [0.15, 0.2) is 0 Å². The number of aryl methyl sites for hydroxylation is 1. The van der Waals surface area contributed by atoms with Gasteiger partial charge in [0.25, 0.3) is 5.91 Å². The summed E-state index contributed by atoms with van der Waals surface area (Å²) in [5, 5.41) is 7.27. The van der Waals surface area contributed by atoms with E-state index in [-0.39, 0.29) is 12.1 Å². The normalized spacial score (nSPS) is 11.8. The molecular weight excluding hydrogens is 321 g/mol. The first-order chi connectivity index (χ1) is 11.3. The summed E-state index contributed by atoms with van der Waals surface area (Å²) in [6.45, 7) is 1.02. The Balaban J connectivity index is 1.64. The molecule has 2 N–H and O–H groups in total. The quantitative estimate of drug-likeness (QED) is 0.769. The largest absolute Gasteiger partial charge is 0.408 e. The maximum Gasteiger partial charge on any atom is 0.408 e. The summed E-state index contributed by atoms with van der Waals surface area (Å²) in [5.74, 6) is -0.464. The fourth-order valence-electron chi connectivity index (χ4n) is 2.47. The van der Waals surface area contributed by atoms with Crippen molar-refractivity contribution in [2.45, 2.75) is 26.2 Å². The van der Waals surface area contributed by atoms with Crippen LogP contribution in [0, 0.1) is 6.92 Å². The van der Waals surface area contributed by atoms with E-state index in [1.807, 2.05) is 31.2 Å². The van der Waals surface area contributed by atoms with E-state index in [4.69, 9.17) is 0 Å². The van der Waals surface area contributed by atoms with Crippen molar-refractivity contribution in [3.63, 3.8) is 0 Å². The second-order valence-electron chi connectivity index (χ2n) is 5.60. The molecule has 0 aliphatic heterocycles. The van der Waals surface area contributed by atoms with Gasteiger partial charge in [0.1, 0.15) is 6.54 Å². The lowest BCUT2D eigenvalue weighted by molar-refractivity contribution is -0.142. The molecular formula is C16H15F3N4O. The fraction of sp³-hybridized carbons (Fsp3) is 0.250. The summed E-state index contributed by atoms with van der Waals surface area (Å²) in [6.07, 6.45) is -2.16. The van der Waals surface area contributed by atoms with Crippen molar-refractivity contribution in [3.05, 3.63) is 53.5 Å². The first kappa shape index (κ1) is 16.1. The van der Waals surface area contributed by atoms with E-state index in [2.05, 4.69) is 15.4 Å². The van der Waals surface area contributed by atoms with Gasteiger partial charge >= 0.3 is 6.18 Å². The number of carbonyl (C=O) groups is 1.